The van der Waals surface area contributed by atoms with Crippen molar-refractivity contribution in [1.29, 1.82) is 0 Å². The van der Waals surface area contributed by atoms with Crippen molar-refractivity contribution >= 4 is 30.3 Å². The van der Waals surface area contributed by atoms with Crippen LogP contribution in [-0.2, 0) is 11.2 Å². The molecule has 4 heteroatoms. The highest BCUT2D eigenvalue weighted by atomic mass is 32.2. The van der Waals surface area contributed by atoms with Crippen LogP contribution in [0, 0.1) is 0 Å². The Balaban J connectivity index is 1.87. The van der Waals surface area contributed by atoms with Gasteiger partial charge in [0.1, 0.15) is 0 Å². The van der Waals surface area contributed by atoms with E-state index in [1.54, 1.807) is 0 Å². The van der Waals surface area contributed by atoms with Gasteiger partial charge in [0.2, 0.25) is 5.91 Å². The molecule has 1 aromatic rings. The molecule has 1 aliphatic rings. The van der Waals surface area contributed by atoms with Crippen molar-refractivity contribution in [1.82, 2.24) is 4.90 Å². The van der Waals surface area contributed by atoms with Gasteiger partial charge in [0, 0.05) is 23.2 Å². The molecule has 0 spiro atoms. The first-order valence-corrected chi connectivity index (χ1v) is 8.01. The Kier molecular flexibility index (Phi) is 5.01. The molecular formula is C14H19NOS2. The van der Waals surface area contributed by atoms with Crippen LogP contribution in [0.15, 0.2) is 29.2 Å². The van der Waals surface area contributed by atoms with Gasteiger partial charge in [-0.15, -0.1) is 12.6 Å². The SMILES string of the molecule is CSC1CCN(C(=O)Cc2ccc(S)cc2)CC1. The van der Waals surface area contributed by atoms with Crippen molar-refractivity contribution < 1.29 is 4.79 Å². The number of nitrogens with zero attached hydrogens (tertiary/aromatic N) is 1. The number of rotatable bonds is 3. The fourth-order valence-corrected chi connectivity index (χ4v) is 3.07. The lowest BCUT2D eigenvalue weighted by Gasteiger charge is -2.31. The molecule has 0 saturated carbocycles. The summed E-state index contributed by atoms with van der Waals surface area (Å²) in [4.78, 5) is 15.1. The molecule has 0 unspecified atom stereocenters. The minimum atomic E-state index is 0.251. The van der Waals surface area contributed by atoms with Gasteiger partial charge in [-0.3, -0.25) is 4.79 Å². The van der Waals surface area contributed by atoms with E-state index in [9.17, 15) is 4.79 Å². The number of hydrogen-bond acceptors (Lipinski definition) is 3. The molecular weight excluding hydrogens is 262 g/mol. The predicted octanol–water partition coefficient (Wildman–Crippen LogP) is 2.87. The Hall–Kier alpha value is -0.610. The molecule has 1 fully saturated rings. The van der Waals surface area contributed by atoms with Gasteiger partial charge in [0.25, 0.3) is 0 Å². The summed E-state index contributed by atoms with van der Waals surface area (Å²) in [6, 6.07) is 7.83. The van der Waals surface area contributed by atoms with Crippen LogP contribution in [0.4, 0.5) is 0 Å². The largest absolute Gasteiger partial charge is 0.342 e. The normalized spacial score (nSPS) is 16.9. The number of thioether (sulfide) groups is 1. The molecule has 18 heavy (non-hydrogen) atoms. The van der Waals surface area contributed by atoms with Gasteiger partial charge < -0.3 is 4.90 Å². The van der Waals surface area contributed by atoms with Crippen LogP contribution in [0.3, 0.4) is 0 Å². The summed E-state index contributed by atoms with van der Waals surface area (Å²) in [5, 5.41) is 0.734. The van der Waals surface area contributed by atoms with Crippen molar-refractivity contribution in [3.63, 3.8) is 0 Å². The van der Waals surface area contributed by atoms with Crippen LogP contribution in [0.2, 0.25) is 0 Å². The lowest BCUT2D eigenvalue weighted by molar-refractivity contribution is -0.131. The monoisotopic (exact) mass is 281 g/mol. The minimum absolute atomic E-state index is 0.251. The molecule has 0 aromatic heterocycles. The van der Waals surface area contributed by atoms with Crippen LogP contribution >= 0.6 is 24.4 Å². The molecule has 98 valence electrons. The summed E-state index contributed by atoms with van der Waals surface area (Å²) in [7, 11) is 0. The molecule has 1 heterocycles. The number of piperidine rings is 1. The summed E-state index contributed by atoms with van der Waals surface area (Å²) >= 11 is 6.17. The van der Waals surface area contributed by atoms with E-state index in [-0.39, 0.29) is 5.91 Å². The summed E-state index contributed by atoms with van der Waals surface area (Å²) in [5.41, 5.74) is 1.07. The molecule has 2 rings (SSSR count). The maximum Gasteiger partial charge on any atom is 0.226 e. The first-order valence-electron chi connectivity index (χ1n) is 6.27. The van der Waals surface area contributed by atoms with Crippen molar-refractivity contribution in [3.8, 4) is 0 Å². The molecule has 1 aromatic carbocycles. The van der Waals surface area contributed by atoms with Gasteiger partial charge in [-0.25, -0.2) is 0 Å². The van der Waals surface area contributed by atoms with Gasteiger partial charge in [0.05, 0.1) is 6.42 Å². The van der Waals surface area contributed by atoms with E-state index in [1.165, 1.54) is 0 Å². The van der Waals surface area contributed by atoms with Crippen LogP contribution in [-0.4, -0.2) is 35.4 Å². The molecule has 0 radical (unpaired) electrons. The zero-order valence-corrected chi connectivity index (χ0v) is 12.3. The summed E-state index contributed by atoms with van der Waals surface area (Å²) in [6.45, 7) is 1.82. The predicted molar refractivity (Wildman–Crippen MR) is 80.5 cm³/mol. The highest BCUT2D eigenvalue weighted by Gasteiger charge is 2.21. The number of hydrogen-bond donors (Lipinski definition) is 1. The molecule has 1 amide bonds. The average Bonchev–Trinajstić information content (AvgIpc) is 2.41. The van der Waals surface area contributed by atoms with Crippen LogP contribution in [0.1, 0.15) is 18.4 Å². The van der Waals surface area contributed by atoms with Gasteiger partial charge in [0.15, 0.2) is 0 Å². The molecule has 0 atom stereocenters. The van der Waals surface area contributed by atoms with Gasteiger partial charge >= 0.3 is 0 Å². The Morgan fingerprint density at radius 3 is 2.50 bits per heavy atom. The Morgan fingerprint density at radius 1 is 1.33 bits per heavy atom. The van der Waals surface area contributed by atoms with Crippen LogP contribution in [0.5, 0.6) is 0 Å². The second-order valence-electron chi connectivity index (χ2n) is 4.66. The molecule has 0 N–H and O–H groups in total. The molecule has 1 aliphatic heterocycles. The van der Waals surface area contributed by atoms with Crippen molar-refractivity contribution in [3.05, 3.63) is 29.8 Å². The van der Waals surface area contributed by atoms with Crippen molar-refractivity contribution in [2.75, 3.05) is 19.3 Å². The van der Waals surface area contributed by atoms with Gasteiger partial charge in [-0.1, -0.05) is 12.1 Å². The second kappa shape index (κ2) is 6.53. The zero-order valence-electron chi connectivity index (χ0n) is 10.6. The van der Waals surface area contributed by atoms with E-state index in [0.717, 1.165) is 41.6 Å². The number of carbonyl (C=O) groups is 1. The highest BCUT2D eigenvalue weighted by Crippen LogP contribution is 2.21. The molecule has 0 bridgehead atoms. The van der Waals surface area contributed by atoms with Crippen LogP contribution < -0.4 is 0 Å². The average molecular weight is 281 g/mol. The highest BCUT2D eigenvalue weighted by molar-refractivity contribution is 7.99. The first kappa shape index (κ1) is 13.8. The maximum absolute atomic E-state index is 12.1. The fourth-order valence-electron chi connectivity index (χ4n) is 2.24. The number of thiol groups is 1. The van der Waals surface area contributed by atoms with E-state index in [2.05, 4.69) is 18.9 Å². The van der Waals surface area contributed by atoms with Gasteiger partial charge in [-0.05, 0) is 36.8 Å². The third kappa shape index (κ3) is 3.69. The second-order valence-corrected chi connectivity index (χ2v) is 6.31. The Labute approximate surface area is 119 Å². The van der Waals surface area contributed by atoms with E-state index >= 15 is 0 Å². The number of benzene rings is 1. The number of carbonyl (C=O) groups excluding carboxylic acids is 1. The fraction of sp³-hybridized carbons (Fsp3) is 0.500. The molecule has 1 saturated heterocycles. The molecule has 2 nitrogen and oxygen atoms in total. The quantitative estimate of drug-likeness (QED) is 0.860. The number of likely N-dealkylation sites (tertiary alicyclic amines) is 1. The first-order chi connectivity index (χ1) is 8.69. The standard InChI is InChI=1S/C14H19NOS2/c1-18-13-6-8-15(9-7-13)14(16)10-11-2-4-12(17)5-3-11/h2-5,13,17H,6-10H2,1H3. The van der Waals surface area contributed by atoms with Crippen molar-refractivity contribution in [2.45, 2.75) is 29.4 Å². The van der Waals surface area contributed by atoms with Crippen LogP contribution in [0.25, 0.3) is 0 Å². The van der Waals surface area contributed by atoms with E-state index in [4.69, 9.17) is 0 Å². The minimum Gasteiger partial charge on any atom is -0.342 e. The Bertz CT molecular complexity index is 397. The van der Waals surface area contributed by atoms with E-state index < -0.39 is 0 Å². The zero-order chi connectivity index (χ0) is 13.0. The van der Waals surface area contributed by atoms with Crippen molar-refractivity contribution in [2.24, 2.45) is 0 Å². The maximum atomic E-state index is 12.1. The third-order valence-electron chi connectivity index (χ3n) is 3.42. The topological polar surface area (TPSA) is 20.3 Å². The lowest BCUT2D eigenvalue weighted by atomic mass is 10.1. The Morgan fingerprint density at radius 2 is 1.94 bits per heavy atom. The van der Waals surface area contributed by atoms with E-state index in [1.807, 2.05) is 40.9 Å². The smallest absolute Gasteiger partial charge is 0.226 e. The number of amides is 1. The molecule has 0 aliphatic carbocycles. The summed E-state index contributed by atoms with van der Waals surface area (Å²) in [6.07, 6.45) is 4.92. The summed E-state index contributed by atoms with van der Waals surface area (Å²) < 4.78 is 0. The third-order valence-corrected chi connectivity index (χ3v) is 4.86. The van der Waals surface area contributed by atoms with E-state index in [0.29, 0.717) is 6.42 Å². The summed E-state index contributed by atoms with van der Waals surface area (Å²) in [5.74, 6) is 0.251. The van der Waals surface area contributed by atoms with Gasteiger partial charge in [-0.2, -0.15) is 11.8 Å². The lowest BCUT2D eigenvalue weighted by Crippen LogP contribution is -2.40.